The second-order valence-electron chi connectivity index (χ2n) is 7.42. The number of rotatable bonds is 9. The summed E-state index contributed by atoms with van der Waals surface area (Å²) in [4.78, 5) is 48.2. The summed E-state index contributed by atoms with van der Waals surface area (Å²) in [6.45, 7) is 1.38. The van der Waals surface area contributed by atoms with Gasteiger partial charge in [-0.05, 0) is 35.4 Å². The molecule has 0 radical (unpaired) electrons. The van der Waals surface area contributed by atoms with Gasteiger partial charge in [0.25, 0.3) is 5.91 Å². The molecule has 0 heterocycles. The highest BCUT2D eigenvalue weighted by atomic mass is 16.2. The molecule has 2 atom stereocenters. The van der Waals surface area contributed by atoms with E-state index in [2.05, 4.69) is 16.0 Å². The molecule has 0 aliphatic heterocycles. The molecule has 3 aromatic rings. The lowest BCUT2D eigenvalue weighted by Crippen LogP contribution is -2.53. The lowest BCUT2D eigenvalue weighted by atomic mass is 10.0. The number of hydrogen-bond donors (Lipinski definition) is 3. The van der Waals surface area contributed by atoms with Gasteiger partial charge in [0, 0.05) is 12.0 Å². The van der Waals surface area contributed by atoms with Crippen molar-refractivity contribution in [2.24, 2.45) is 0 Å². The zero-order valence-electron chi connectivity index (χ0n) is 17.7. The Labute approximate surface area is 186 Å². The van der Waals surface area contributed by atoms with Gasteiger partial charge in [-0.25, -0.2) is 0 Å². The summed E-state index contributed by atoms with van der Waals surface area (Å²) in [6.07, 6.45) is 0.812. The van der Waals surface area contributed by atoms with Gasteiger partial charge in [0.1, 0.15) is 18.4 Å². The monoisotopic (exact) mass is 431 g/mol. The van der Waals surface area contributed by atoms with Crippen molar-refractivity contribution >= 4 is 34.8 Å². The number of nitrogens with one attached hydrogen (secondary N) is 3. The molecule has 0 spiro atoms. The van der Waals surface area contributed by atoms with Crippen molar-refractivity contribution in [2.75, 3.05) is 6.54 Å². The Bertz CT molecular complexity index is 1110. The fraction of sp³-hybridized carbons (Fsp3) is 0.200. The zero-order chi connectivity index (χ0) is 22.9. The number of carbonyl (C=O) groups is 4. The van der Waals surface area contributed by atoms with Crippen LogP contribution in [-0.4, -0.2) is 42.6 Å². The lowest BCUT2D eigenvalue weighted by Gasteiger charge is -2.21. The quantitative estimate of drug-likeness (QED) is 0.451. The Kier molecular flexibility index (Phi) is 7.70. The Morgan fingerprint density at radius 3 is 2.25 bits per heavy atom. The first-order valence-electron chi connectivity index (χ1n) is 10.3. The minimum Gasteiger partial charge on any atom is -0.348 e. The van der Waals surface area contributed by atoms with E-state index in [1.54, 1.807) is 30.3 Å². The topological polar surface area (TPSA) is 104 Å². The first-order chi connectivity index (χ1) is 15.5. The molecule has 3 rings (SSSR count). The maximum atomic E-state index is 13.0. The number of amides is 3. The van der Waals surface area contributed by atoms with Crippen LogP contribution in [0.3, 0.4) is 0 Å². The first-order valence-corrected chi connectivity index (χ1v) is 10.3. The van der Waals surface area contributed by atoms with Gasteiger partial charge in [-0.1, -0.05) is 60.7 Å². The standard InChI is InChI=1S/C25H25N3O4/c1-17(23(30)26-13-14-29)27-25(32)22(28-24(31)20-8-3-2-4-9-20)16-18-11-12-19-7-5-6-10-21(19)15-18/h2-12,14-15,17,22H,13,16H2,1H3,(H,26,30)(H,27,32)(H,28,31). The molecule has 2 unspecified atom stereocenters. The minimum atomic E-state index is -0.898. The largest absolute Gasteiger partial charge is 0.348 e. The van der Waals surface area contributed by atoms with E-state index in [1.807, 2.05) is 42.5 Å². The normalized spacial score (nSPS) is 12.4. The molecule has 0 aromatic heterocycles. The van der Waals surface area contributed by atoms with Crippen molar-refractivity contribution in [3.63, 3.8) is 0 Å². The van der Waals surface area contributed by atoms with Gasteiger partial charge in [-0.3, -0.25) is 14.4 Å². The fourth-order valence-corrected chi connectivity index (χ4v) is 3.32. The second kappa shape index (κ2) is 10.9. The van der Waals surface area contributed by atoms with E-state index in [-0.39, 0.29) is 18.9 Å². The summed E-state index contributed by atoms with van der Waals surface area (Å²) in [6, 6.07) is 20.6. The number of carbonyl (C=O) groups excluding carboxylic acids is 4. The zero-order valence-corrected chi connectivity index (χ0v) is 17.7. The molecule has 3 N–H and O–H groups in total. The van der Waals surface area contributed by atoms with Crippen LogP contribution in [0.1, 0.15) is 22.8 Å². The third-order valence-corrected chi connectivity index (χ3v) is 5.02. The molecule has 7 nitrogen and oxygen atoms in total. The Morgan fingerprint density at radius 2 is 1.53 bits per heavy atom. The Balaban J connectivity index is 1.79. The van der Waals surface area contributed by atoms with E-state index >= 15 is 0 Å². The highest BCUT2D eigenvalue weighted by Crippen LogP contribution is 2.17. The number of benzene rings is 3. The third kappa shape index (κ3) is 6.01. The molecule has 0 fully saturated rings. The van der Waals surface area contributed by atoms with Gasteiger partial charge in [-0.15, -0.1) is 0 Å². The maximum absolute atomic E-state index is 13.0. The van der Waals surface area contributed by atoms with Crippen LogP contribution in [0, 0.1) is 0 Å². The first kappa shape index (κ1) is 22.7. The number of hydrogen-bond acceptors (Lipinski definition) is 4. The van der Waals surface area contributed by atoms with Gasteiger partial charge in [0.15, 0.2) is 0 Å². The maximum Gasteiger partial charge on any atom is 0.251 e. The SMILES string of the molecule is CC(NC(=O)C(Cc1ccc2ccccc2c1)NC(=O)c1ccccc1)C(=O)NCC=O. The van der Waals surface area contributed by atoms with Crippen LogP contribution in [0.25, 0.3) is 10.8 Å². The van der Waals surface area contributed by atoms with Crippen LogP contribution in [0.15, 0.2) is 72.8 Å². The summed E-state index contributed by atoms with van der Waals surface area (Å²) >= 11 is 0. The van der Waals surface area contributed by atoms with Gasteiger partial charge in [0.2, 0.25) is 11.8 Å². The lowest BCUT2D eigenvalue weighted by molar-refractivity contribution is -0.129. The van der Waals surface area contributed by atoms with Gasteiger partial charge in [0.05, 0.1) is 6.54 Å². The summed E-state index contributed by atoms with van der Waals surface area (Å²) < 4.78 is 0. The molecular weight excluding hydrogens is 406 g/mol. The predicted octanol–water partition coefficient (Wildman–Crippen LogP) is 2.00. The molecular formula is C25H25N3O4. The number of fused-ring (bicyclic) bond motifs is 1. The van der Waals surface area contributed by atoms with E-state index in [1.165, 1.54) is 6.92 Å². The fourth-order valence-electron chi connectivity index (χ4n) is 3.32. The van der Waals surface area contributed by atoms with E-state index < -0.39 is 23.9 Å². The van der Waals surface area contributed by atoms with Crippen molar-refractivity contribution in [1.29, 1.82) is 0 Å². The van der Waals surface area contributed by atoms with Crippen LogP contribution < -0.4 is 16.0 Å². The molecule has 0 aliphatic carbocycles. The van der Waals surface area contributed by atoms with Crippen LogP contribution in [-0.2, 0) is 20.8 Å². The average molecular weight is 431 g/mol. The Hall–Kier alpha value is -4.00. The summed E-state index contributed by atoms with van der Waals surface area (Å²) in [5.74, 6) is -1.36. The van der Waals surface area contributed by atoms with Crippen molar-refractivity contribution < 1.29 is 19.2 Å². The van der Waals surface area contributed by atoms with Crippen molar-refractivity contribution in [3.8, 4) is 0 Å². The number of aldehydes is 1. The van der Waals surface area contributed by atoms with E-state index in [9.17, 15) is 19.2 Å². The molecule has 32 heavy (non-hydrogen) atoms. The van der Waals surface area contributed by atoms with E-state index in [0.29, 0.717) is 11.8 Å². The van der Waals surface area contributed by atoms with Crippen LogP contribution in [0.5, 0.6) is 0 Å². The molecule has 0 saturated carbocycles. The Morgan fingerprint density at radius 1 is 0.844 bits per heavy atom. The molecule has 7 heteroatoms. The van der Waals surface area contributed by atoms with Crippen molar-refractivity contribution in [2.45, 2.75) is 25.4 Å². The highest BCUT2D eigenvalue weighted by molar-refractivity contribution is 5.98. The summed E-state index contributed by atoms with van der Waals surface area (Å²) in [5.41, 5.74) is 1.30. The smallest absolute Gasteiger partial charge is 0.251 e. The molecule has 0 aliphatic rings. The second-order valence-corrected chi connectivity index (χ2v) is 7.42. The predicted molar refractivity (Wildman–Crippen MR) is 122 cm³/mol. The van der Waals surface area contributed by atoms with Gasteiger partial charge < -0.3 is 20.7 Å². The molecule has 3 amide bonds. The van der Waals surface area contributed by atoms with Gasteiger partial charge in [-0.2, -0.15) is 0 Å². The van der Waals surface area contributed by atoms with Crippen molar-refractivity contribution in [1.82, 2.24) is 16.0 Å². The van der Waals surface area contributed by atoms with E-state index in [4.69, 9.17) is 0 Å². The molecule has 164 valence electrons. The highest BCUT2D eigenvalue weighted by Gasteiger charge is 2.25. The van der Waals surface area contributed by atoms with E-state index in [0.717, 1.165) is 16.3 Å². The van der Waals surface area contributed by atoms with Crippen molar-refractivity contribution in [3.05, 3.63) is 83.9 Å². The molecule has 0 saturated heterocycles. The molecule has 0 bridgehead atoms. The van der Waals surface area contributed by atoms with Crippen LogP contribution >= 0.6 is 0 Å². The van der Waals surface area contributed by atoms with Crippen LogP contribution in [0.2, 0.25) is 0 Å². The summed E-state index contributed by atoms with van der Waals surface area (Å²) in [7, 11) is 0. The molecule has 3 aromatic carbocycles. The average Bonchev–Trinajstić information content (AvgIpc) is 2.82. The minimum absolute atomic E-state index is 0.135. The van der Waals surface area contributed by atoms with Gasteiger partial charge >= 0.3 is 0 Å². The van der Waals surface area contributed by atoms with Crippen LogP contribution in [0.4, 0.5) is 0 Å². The third-order valence-electron chi connectivity index (χ3n) is 5.02. The summed E-state index contributed by atoms with van der Waals surface area (Å²) in [5, 5.41) is 9.91.